The number of nitrogens with two attached hydrogens (primary N) is 1. The van der Waals surface area contributed by atoms with Gasteiger partial charge in [0.25, 0.3) is 0 Å². The van der Waals surface area contributed by atoms with E-state index in [1.54, 1.807) is 6.92 Å². The third-order valence-electron chi connectivity index (χ3n) is 5.75. The molecule has 2 N–H and O–H groups in total. The first-order chi connectivity index (χ1) is 14.3. The largest absolute Gasteiger partial charge is 0.494 e. The van der Waals surface area contributed by atoms with E-state index < -0.39 is 24.0 Å². The molecule has 3 atom stereocenters. The Morgan fingerprint density at radius 1 is 1.20 bits per heavy atom. The van der Waals surface area contributed by atoms with Crippen LogP contribution in [0.3, 0.4) is 0 Å². The standard InChI is InChI=1S/C24H33NO5/c1-5-7-12-29-16-10-8-15(9-11-16)19-20-17(26)13-24(3,4)14-18(20)30-22(25)21(19)23(27)28-6-2/h8-11,19,21-22H,5-7,12-14,25H2,1-4H3/t19-,21+,22-/m1/s1. The summed E-state index contributed by atoms with van der Waals surface area (Å²) >= 11 is 0. The summed E-state index contributed by atoms with van der Waals surface area (Å²) < 4.78 is 17.0. The molecule has 1 heterocycles. The second-order valence-electron chi connectivity index (χ2n) is 8.89. The smallest absolute Gasteiger partial charge is 0.315 e. The van der Waals surface area contributed by atoms with E-state index in [0.717, 1.165) is 24.2 Å². The lowest BCUT2D eigenvalue weighted by atomic mass is 9.68. The molecule has 6 nitrogen and oxygen atoms in total. The number of carbonyl (C=O) groups is 2. The Morgan fingerprint density at radius 3 is 2.53 bits per heavy atom. The van der Waals surface area contributed by atoms with Gasteiger partial charge in [0.15, 0.2) is 12.0 Å². The molecule has 2 aliphatic rings. The summed E-state index contributed by atoms with van der Waals surface area (Å²) in [5.74, 6) is -0.325. The Balaban J connectivity index is 2.00. The Labute approximate surface area is 178 Å². The Kier molecular flexibility index (Phi) is 6.86. The number of allylic oxidation sites excluding steroid dienone is 2. The van der Waals surface area contributed by atoms with Crippen molar-refractivity contribution < 1.29 is 23.8 Å². The molecule has 164 valence electrons. The van der Waals surface area contributed by atoms with E-state index in [0.29, 0.717) is 30.8 Å². The van der Waals surface area contributed by atoms with Gasteiger partial charge in [-0.15, -0.1) is 0 Å². The van der Waals surface area contributed by atoms with E-state index in [4.69, 9.17) is 19.9 Å². The number of ketones is 1. The zero-order valence-corrected chi connectivity index (χ0v) is 18.4. The molecule has 3 rings (SSSR count). The van der Waals surface area contributed by atoms with Crippen LogP contribution in [0.2, 0.25) is 0 Å². The summed E-state index contributed by atoms with van der Waals surface area (Å²) in [4.78, 5) is 25.9. The van der Waals surface area contributed by atoms with Gasteiger partial charge in [-0.05, 0) is 36.5 Å². The highest BCUT2D eigenvalue weighted by Gasteiger charge is 2.49. The van der Waals surface area contributed by atoms with E-state index in [2.05, 4.69) is 6.92 Å². The average Bonchev–Trinajstić information content (AvgIpc) is 2.67. The Hall–Kier alpha value is -2.34. The minimum atomic E-state index is -0.866. The van der Waals surface area contributed by atoms with E-state index in [1.165, 1.54) is 0 Å². The van der Waals surface area contributed by atoms with Crippen molar-refractivity contribution >= 4 is 11.8 Å². The van der Waals surface area contributed by atoms with Crippen molar-refractivity contribution in [3.63, 3.8) is 0 Å². The van der Waals surface area contributed by atoms with Crippen LogP contribution in [0.4, 0.5) is 0 Å². The molecule has 0 aromatic heterocycles. The quantitative estimate of drug-likeness (QED) is 0.533. The van der Waals surface area contributed by atoms with Crippen molar-refractivity contribution in [3.8, 4) is 5.75 Å². The van der Waals surface area contributed by atoms with Gasteiger partial charge < -0.3 is 14.2 Å². The van der Waals surface area contributed by atoms with Crippen molar-refractivity contribution in [2.75, 3.05) is 13.2 Å². The molecule has 1 aliphatic carbocycles. The molecule has 0 amide bonds. The number of hydrogen-bond acceptors (Lipinski definition) is 6. The maximum absolute atomic E-state index is 13.1. The lowest BCUT2D eigenvalue weighted by Crippen LogP contribution is -2.48. The minimum absolute atomic E-state index is 0.00993. The van der Waals surface area contributed by atoms with Crippen molar-refractivity contribution in [1.29, 1.82) is 0 Å². The van der Waals surface area contributed by atoms with E-state index in [9.17, 15) is 9.59 Å². The molecule has 0 radical (unpaired) electrons. The van der Waals surface area contributed by atoms with Crippen LogP contribution < -0.4 is 10.5 Å². The molecule has 0 saturated heterocycles. The first kappa shape index (κ1) is 22.3. The number of benzene rings is 1. The second kappa shape index (κ2) is 9.21. The summed E-state index contributed by atoms with van der Waals surface area (Å²) in [6.07, 6.45) is 2.22. The lowest BCUT2D eigenvalue weighted by Gasteiger charge is -2.42. The van der Waals surface area contributed by atoms with Crippen LogP contribution in [0.1, 0.15) is 64.9 Å². The van der Waals surface area contributed by atoms with E-state index in [-0.39, 0.29) is 17.8 Å². The van der Waals surface area contributed by atoms with Gasteiger partial charge in [0.2, 0.25) is 0 Å². The van der Waals surface area contributed by atoms with Crippen LogP contribution in [0, 0.1) is 11.3 Å². The lowest BCUT2D eigenvalue weighted by molar-refractivity contribution is -0.155. The predicted octanol–water partition coefficient (Wildman–Crippen LogP) is 4.09. The van der Waals surface area contributed by atoms with Crippen LogP contribution in [-0.2, 0) is 19.1 Å². The predicted molar refractivity (Wildman–Crippen MR) is 114 cm³/mol. The number of esters is 1. The van der Waals surface area contributed by atoms with Crippen LogP contribution in [-0.4, -0.2) is 31.2 Å². The fourth-order valence-corrected chi connectivity index (χ4v) is 4.33. The highest BCUT2D eigenvalue weighted by molar-refractivity contribution is 6.00. The first-order valence-corrected chi connectivity index (χ1v) is 10.8. The van der Waals surface area contributed by atoms with Gasteiger partial charge in [0, 0.05) is 24.3 Å². The van der Waals surface area contributed by atoms with Gasteiger partial charge in [-0.2, -0.15) is 0 Å². The SMILES string of the molecule is CCCCOc1ccc([C@@H]2C3=C(CC(C)(C)CC3=O)O[C@@H](N)[C@H]2C(=O)OCC)cc1. The van der Waals surface area contributed by atoms with Crippen LogP contribution in [0.25, 0.3) is 0 Å². The minimum Gasteiger partial charge on any atom is -0.494 e. The first-order valence-electron chi connectivity index (χ1n) is 10.8. The number of rotatable bonds is 7. The summed E-state index contributed by atoms with van der Waals surface area (Å²) in [5.41, 5.74) is 7.50. The normalized spacial score (nSPS) is 25.4. The van der Waals surface area contributed by atoms with Gasteiger partial charge in [-0.25, -0.2) is 0 Å². The fraction of sp³-hybridized carbons (Fsp3) is 0.583. The summed E-state index contributed by atoms with van der Waals surface area (Å²) in [5, 5.41) is 0. The van der Waals surface area contributed by atoms with Crippen molar-refractivity contribution in [2.24, 2.45) is 17.1 Å². The zero-order chi connectivity index (χ0) is 21.9. The van der Waals surface area contributed by atoms with E-state index in [1.807, 2.05) is 38.1 Å². The molecule has 0 unspecified atom stereocenters. The van der Waals surface area contributed by atoms with Gasteiger partial charge in [0.1, 0.15) is 17.4 Å². The van der Waals surface area contributed by atoms with Crippen LogP contribution >= 0.6 is 0 Å². The molecule has 1 aromatic carbocycles. The molecule has 6 heteroatoms. The molecule has 30 heavy (non-hydrogen) atoms. The van der Waals surface area contributed by atoms with Crippen molar-refractivity contribution in [1.82, 2.24) is 0 Å². The molecule has 1 aliphatic heterocycles. The maximum Gasteiger partial charge on any atom is 0.315 e. The highest BCUT2D eigenvalue weighted by atomic mass is 16.5. The van der Waals surface area contributed by atoms with Gasteiger partial charge in [-0.1, -0.05) is 39.3 Å². The van der Waals surface area contributed by atoms with Crippen LogP contribution in [0.15, 0.2) is 35.6 Å². The van der Waals surface area contributed by atoms with E-state index >= 15 is 0 Å². The number of carbonyl (C=O) groups excluding carboxylic acids is 2. The number of ether oxygens (including phenoxy) is 3. The molecular weight excluding hydrogens is 382 g/mol. The van der Waals surface area contributed by atoms with Gasteiger partial charge in [0.05, 0.1) is 13.2 Å². The average molecular weight is 416 g/mol. The monoisotopic (exact) mass is 415 g/mol. The third kappa shape index (κ3) is 4.69. The van der Waals surface area contributed by atoms with Gasteiger partial charge in [-0.3, -0.25) is 15.3 Å². The molecule has 0 saturated carbocycles. The third-order valence-corrected chi connectivity index (χ3v) is 5.75. The molecule has 0 fully saturated rings. The summed E-state index contributed by atoms with van der Waals surface area (Å²) in [7, 11) is 0. The molecule has 0 spiro atoms. The second-order valence-corrected chi connectivity index (χ2v) is 8.89. The van der Waals surface area contributed by atoms with Crippen molar-refractivity contribution in [2.45, 2.75) is 65.5 Å². The number of hydrogen-bond donors (Lipinski definition) is 1. The molecule has 0 bridgehead atoms. The molecule has 1 aromatic rings. The maximum atomic E-state index is 13.1. The summed E-state index contributed by atoms with van der Waals surface area (Å²) in [6, 6.07) is 7.58. The topological polar surface area (TPSA) is 87.9 Å². The highest BCUT2D eigenvalue weighted by Crippen LogP contribution is 2.49. The Morgan fingerprint density at radius 2 is 1.90 bits per heavy atom. The summed E-state index contributed by atoms with van der Waals surface area (Å²) in [6.45, 7) is 8.85. The number of Topliss-reactive ketones (excluding diaryl/α,β-unsaturated/α-hetero) is 1. The van der Waals surface area contributed by atoms with Crippen LogP contribution in [0.5, 0.6) is 5.75 Å². The van der Waals surface area contributed by atoms with Gasteiger partial charge >= 0.3 is 5.97 Å². The molecular formula is C24H33NO5. The number of unbranched alkanes of at least 4 members (excludes halogenated alkanes) is 1. The Bertz CT molecular complexity index is 811. The van der Waals surface area contributed by atoms with Crippen molar-refractivity contribution in [3.05, 3.63) is 41.2 Å². The zero-order valence-electron chi connectivity index (χ0n) is 18.4. The fourth-order valence-electron chi connectivity index (χ4n) is 4.33.